The first-order chi connectivity index (χ1) is 15.5. The Hall–Kier alpha value is -3.12. The topological polar surface area (TPSA) is 66.5 Å². The third-order valence-corrected chi connectivity index (χ3v) is 7.75. The Morgan fingerprint density at radius 3 is 2.15 bits per heavy atom. The van der Waals surface area contributed by atoms with Crippen LogP contribution in [0.5, 0.6) is 0 Å². The molecule has 0 spiro atoms. The number of nitrogens with one attached hydrogen (secondary N) is 1. The number of hydrogen-bond donors (Lipinski definition) is 1. The summed E-state index contributed by atoms with van der Waals surface area (Å²) >= 11 is 0. The van der Waals surface area contributed by atoms with Crippen LogP contribution in [0.3, 0.4) is 0 Å². The molecule has 0 saturated carbocycles. The van der Waals surface area contributed by atoms with Gasteiger partial charge in [-0.2, -0.15) is 0 Å². The number of amides is 1. The summed E-state index contributed by atoms with van der Waals surface area (Å²) in [5.74, 6) is -0.361. The minimum absolute atomic E-state index is 0.150. The molecule has 0 aromatic heterocycles. The van der Waals surface area contributed by atoms with Gasteiger partial charge in [-0.3, -0.25) is 9.10 Å². The van der Waals surface area contributed by atoms with Gasteiger partial charge in [-0.15, -0.1) is 0 Å². The fourth-order valence-electron chi connectivity index (χ4n) is 3.95. The SMILES string of the molecule is Cc1ccc(C)c(N(CC(=O)N[C@H](C)c2cc(C)c(C)cc2C)S(=O)(=O)c2ccccc2)c1. The van der Waals surface area contributed by atoms with E-state index < -0.39 is 10.0 Å². The molecule has 3 rings (SSSR count). The van der Waals surface area contributed by atoms with Gasteiger partial charge in [0.2, 0.25) is 5.91 Å². The van der Waals surface area contributed by atoms with Gasteiger partial charge in [0, 0.05) is 0 Å². The van der Waals surface area contributed by atoms with E-state index in [-0.39, 0.29) is 23.4 Å². The van der Waals surface area contributed by atoms with E-state index in [1.807, 2.05) is 46.8 Å². The third-order valence-electron chi connectivity index (χ3n) is 5.98. The highest BCUT2D eigenvalue weighted by Gasteiger charge is 2.29. The van der Waals surface area contributed by atoms with Gasteiger partial charge in [-0.05, 0) is 93.1 Å². The lowest BCUT2D eigenvalue weighted by molar-refractivity contribution is -0.120. The van der Waals surface area contributed by atoms with E-state index in [1.54, 1.807) is 36.4 Å². The predicted molar refractivity (Wildman–Crippen MR) is 134 cm³/mol. The minimum Gasteiger partial charge on any atom is -0.348 e. The van der Waals surface area contributed by atoms with Gasteiger partial charge < -0.3 is 5.32 Å². The number of benzene rings is 3. The number of sulfonamides is 1. The van der Waals surface area contributed by atoms with Crippen LogP contribution in [0, 0.1) is 34.6 Å². The van der Waals surface area contributed by atoms with Crippen molar-refractivity contribution in [2.24, 2.45) is 0 Å². The number of hydrogen-bond acceptors (Lipinski definition) is 3. The van der Waals surface area contributed by atoms with E-state index in [2.05, 4.69) is 24.4 Å². The molecule has 0 aliphatic rings. The molecule has 3 aromatic carbocycles. The summed E-state index contributed by atoms with van der Waals surface area (Å²) in [7, 11) is -3.94. The maximum atomic E-state index is 13.6. The van der Waals surface area contributed by atoms with Crippen molar-refractivity contribution in [3.8, 4) is 0 Å². The van der Waals surface area contributed by atoms with Crippen molar-refractivity contribution >= 4 is 21.6 Å². The molecule has 5 nitrogen and oxygen atoms in total. The second-order valence-corrected chi connectivity index (χ2v) is 10.6. The van der Waals surface area contributed by atoms with E-state index in [9.17, 15) is 13.2 Å². The molecule has 0 heterocycles. The summed E-state index contributed by atoms with van der Waals surface area (Å²) in [6, 6.07) is 17.8. The van der Waals surface area contributed by atoms with Crippen LogP contribution in [0.25, 0.3) is 0 Å². The van der Waals surface area contributed by atoms with Crippen molar-refractivity contribution in [3.05, 3.63) is 94.0 Å². The average Bonchev–Trinajstić information content (AvgIpc) is 2.76. The summed E-state index contributed by atoms with van der Waals surface area (Å²) in [4.78, 5) is 13.3. The van der Waals surface area contributed by atoms with Crippen LogP contribution in [0.2, 0.25) is 0 Å². The number of anilines is 1. The lowest BCUT2D eigenvalue weighted by Crippen LogP contribution is -2.42. The molecular formula is C27H32N2O3S. The van der Waals surface area contributed by atoms with Crippen molar-refractivity contribution in [2.45, 2.75) is 52.5 Å². The maximum Gasteiger partial charge on any atom is 0.264 e. The zero-order valence-corrected chi connectivity index (χ0v) is 21.0. The summed E-state index contributed by atoms with van der Waals surface area (Å²) in [6.45, 7) is 11.5. The molecule has 1 N–H and O–H groups in total. The van der Waals surface area contributed by atoms with E-state index in [1.165, 1.54) is 9.87 Å². The zero-order chi connectivity index (χ0) is 24.3. The van der Waals surface area contributed by atoms with Gasteiger partial charge in [0.1, 0.15) is 6.54 Å². The molecule has 0 unspecified atom stereocenters. The number of carbonyl (C=O) groups excluding carboxylic acids is 1. The molecule has 6 heteroatoms. The van der Waals surface area contributed by atoms with Crippen LogP contribution in [-0.4, -0.2) is 20.9 Å². The molecule has 174 valence electrons. The van der Waals surface area contributed by atoms with Crippen LogP contribution in [-0.2, 0) is 14.8 Å². The van der Waals surface area contributed by atoms with Gasteiger partial charge >= 0.3 is 0 Å². The van der Waals surface area contributed by atoms with Crippen molar-refractivity contribution in [1.29, 1.82) is 0 Å². The molecular weight excluding hydrogens is 432 g/mol. The summed E-state index contributed by atoms with van der Waals surface area (Å²) in [6.07, 6.45) is 0. The molecule has 0 saturated heterocycles. The molecule has 3 aromatic rings. The predicted octanol–water partition coefficient (Wildman–Crippen LogP) is 5.30. The number of aryl methyl sites for hydroxylation is 5. The lowest BCUT2D eigenvalue weighted by Gasteiger charge is -2.27. The fraction of sp³-hybridized carbons (Fsp3) is 0.296. The molecule has 1 amide bonds. The van der Waals surface area contributed by atoms with Gasteiger partial charge in [0.15, 0.2) is 0 Å². The number of rotatable bonds is 7. The van der Waals surface area contributed by atoms with Crippen LogP contribution < -0.4 is 9.62 Å². The average molecular weight is 465 g/mol. The van der Waals surface area contributed by atoms with Crippen LogP contribution in [0.15, 0.2) is 65.6 Å². The molecule has 1 atom stereocenters. The Kier molecular flexibility index (Phi) is 7.28. The summed E-state index contributed by atoms with van der Waals surface area (Å²) in [5, 5.41) is 3.00. The second kappa shape index (κ2) is 9.79. The Bertz CT molecular complexity index is 1270. The van der Waals surface area contributed by atoms with Crippen molar-refractivity contribution in [2.75, 3.05) is 10.8 Å². The monoisotopic (exact) mass is 464 g/mol. The Balaban J connectivity index is 1.94. The number of nitrogens with zero attached hydrogens (tertiary/aromatic N) is 1. The Morgan fingerprint density at radius 2 is 1.48 bits per heavy atom. The lowest BCUT2D eigenvalue weighted by atomic mass is 9.96. The highest BCUT2D eigenvalue weighted by Crippen LogP contribution is 2.28. The first-order valence-electron chi connectivity index (χ1n) is 11.0. The first kappa shape index (κ1) is 24.5. The molecule has 0 radical (unpaired) electrons. The molecule has 0 aliphatic heterocycles. The highest BCUT2D eigenvalue weighted by molar-refractivity contribution is 7.92. The van der Waals surface area contributed by atoms with Gasteiger partial charge in [0.25, 0.3) is 10.0 Å². The van der Waals surface area contributed by atoms with Crippen molar-refractivity contribution in [1.82, 2.24) is 5.32 Å². The molecule has 0 fully saturated rings. The van der Waals surface area contributed by atoms with Crippen LogP contribution in [0.1, 0.15) is 46.3 Å². The standard InChI is InChI=1S/C27H32N2O3S/c1-18-12-13-19(2)26(14-18)29(33(31,32)24-10-8-7-9-11-24)17-27(30)28-23(6)25-16-21(4)20(3)15-22(25)5/h7-16,23H,17H2,1-6H3,(H,28,30)/t23-/m1/s1. The zero-order valence-electron chi connectivity index (χ0n) is 20.1. The summed E-state index contributed by atoms with van der Waals surface area (Å²) < 4.78 is 28.3. The first-order valence-corrected chi connectivity index (χ1v) is 12.5. The second-order valence-electron chi connectivity index (χ2n) is 8.70. The van der Waals surface area contributed by atoms with Gasteiger partial charge in [0.05, 0.1) is 16.6 Å². The van der Waals surface area contributed by atoms with Gasteiger partial charge in [-0.1, -0.05) is 42.5 Å². The van der Waals surface area contributed by atoms with Gasteiger partial charge in [-0.25, -0.2) is 8.42 Å². The smallest absolute Gasteiger partial charge is 0.264 e. The van der Waals surface area contributed by atoms with E-state index in [0.29, 0.717) is 5.69 Å². The quantitative estimate of drug-likeness (QED) is 0.516. The Morgan fingerprint density at radius 1 is 0.848 bits per heavy atom. The van der Waals surface area contributed by atoms with Crippen LogP contribution >= 0.6 is 0 Å². The van der Waals surface area contributed by atoms with E-state index >= 15 is 0 Å². The summed E-state index contributed by atoms with van der Waals surface area (Å²) in [5.41, 5.74) is 6.67. The van der Waals surface area contributed by atoms with E-state index in [4.69, 9.17) is 0 Å². The number of carbonyl (C=O) groups is 1. The van der Waals surface area contributed by atoms with Crippen LogP contribution in [0.4, 0.5) is 5.69 Å². The maximum absolute atomic E-state index is 13.6. The van der Waals surface area contributed by atoms with Crippen molar-refractivity contribution < 1.29 is 13.2 Å². The third kappa shape index (κ3) is 5.45. The molecule has 33 heavy (non-hydrogen) atoms. The van der Waals surface area contributed by atoms with E-state index in [0.717, 1.165) is 27.8 Å². The Labute approximate surface area is 197 Å². The van der Waals surface area contributed by atoms with Crippen molar-refractivity contribution in [3.63, 3.8) is 0 Å². The normalized spacial score (nSPS) is 12.3. The largest absolute Gasteiger partial charge is 0.348 e. The highest BCUT2D eigenvalue weighted by atomic mass is 32.2. The molecule has 0 aliphatic carbocycles. The minimum atomic E-state index is -3.94. The fourth-order valence-corrected chi connectivity index (χ4v) is 5.45. The molecule has 0 bridgehead atoms.